The van der Waals surface area contributed by atoms with E-state index in [2.05, 4.69) is 21.2 Å². The number of nitrogens with zero attached hydrogens (tertiary/aromatic N) is 3. The van der Waals surface area contributed by atoms with Gasteiger partial charge in [-0.2, -0.15) is 5.26 Å². The Morgan fingerprint density at radius 2 is 2.10 bits per heavy atom. The van der Waals surface area contributed by atoms with Crippen LogP contribution in [-0.4, -0.2) is 55.6 Å². The number of benzene rings is 1. The van der Waals surface area contributed by atoms with Crippen molar-refractivity contribution in [3.05, 3.63) is 35.9 Å². The molecule has 0 radical (unpaired) electrons. The Balaban J connectivity index is 1.75. The molecule has 1 aromatic rings. The van der Waals surface area contributed by atoms with Crippen LogP contribution in [0.4, 0.5) is 0 Å². The van der Waals surface area contributed by atoms with Gasteiger partial charge in [0.05, 0.1) is 6.07 Å². The second-order valence-corrected chi connectivity index (χ2v) is 6.20. The van der Waals surface area contributed by atoms with Crippen molar-refractivity contribution in [3.63, 3.8) is 0 Å². The van der Waals surface area contributed by atoms with E-state index in [0.29, 0.717) is 6.04 Å². The van der Waals surface area contributed by atoms with Gasteiger partial charge in [0.2, 0.25) is 0 Å². The highest BCUT2D eigenvalue weighted by molar-refractivity contribution is 5.32. The van der Waals surface area contributed by atoms with Crippen LogP contribution >= 0.6 is 0 Å². The van der Waals surface area contributed by atoms with Gasteiger partial charge in [-0.05, 0) is 32.0 Å². The van der Waals surface area contributed by atoms with Crippen molar-refractivity contribution in [2.24, 2.45) is 0 Å². The summed E-state index contributed by atoms with van der Waals surface area (Å²) < 4.78 is 0. The van der Waals surface area contributed by atoms with Crippen molar-refractivity contribution < 1.29 is 0 Å². The van der Waals surface area contributed by atoms with Crippen LogP contribution in [0.2, 0.25) is 0 Å². The van der Waals surface area contributed by atoms with Gasteiger partial charge in [-0.15, -0.1) is 0 Å². The minimum absolute atomic E-state index is 0.609. The molecule has 2 fully saturated rings. The smallest absolute Gasteiger partial charge is 0.144 e. The van der Waals surface area contributed by atoms with Gasteiger partial charge in [-0.1, -0.05) is 30.3 Å². The van der Waals surface area contributed by atoms with Crippen molar-refractivity contribution in [1.29, 1.82) is 5.26 Å². The first-order valence-corrected chi connectivity index (χ1v) is 7.89. The zero-order valence-corrected chi connectivity index (χ0v) is 12.8. The number of fused-ring (bicyclic) bond motifs is 1. The van der Waals surface area contributed by atoms with E-state index >= 15 is 0 Å². The van der Waals surface area contributed by atoms with Gasteiger partial charge in [0, 0.05) is 32.2 Å². The van der Waals surface area contributed by atoms with E-state index in [9.17, 15) is 5.26 Å². The van der Waals surface area contributed by atoms with Crippen LogP contribution in [0.5, 0.6) is 0 Å². The largest absolute Gasteiger partial charge is 0.298 e. The molecule has 0 aromatic heterocycles. The average Bonchev–Trinajstić information content (AvgIpc) is 3.01. The highest BCUT2D eigenvalue weighted by atomic mass is 15.3. The van der Waals surface area contributed by atoms with E-state index in [-0.39, 0.29) is 0 Å². The molecule has 4 heteroatoms. The van der Waals surface area contributed by atoms with E-state index in [0.717, 1.165) is 31.7 Å². The van der Waals surface area contributed by atoms with Crippen LogP contribution in [0.15, 0.2) is 30.3 Å². The van der Waals surface area contributed by atoms with Crippen LogP contribution in [0.25, 0.3) is 0 Å². The molecule has 21 heavy (non-hydrogen) atoms. The summed E-state index contributed by atoms with van der Waals surface area (Å²) in [5.41, 5.74) is 0.450. The highest BCUT2D eigenvalue weighted by Gasteiger charge is 2.37. The summed E-state index contributed by atoms with van der Waals surface area (Å²) in [7, 11) is 1.89. The maximum absolute atomic E-state index is 9.80. The molecule has 2 aliphatic rings. The van der Waals surface area contributed by atoms with Crippen molar-refractivity contribution in [1.82, 2.24) is 15.1 Å². The minimum Gasteiger partial charge on any atom is -0.298 e. The first-order chi connectivity index (χ1) is 10.3. The molecule has 0 bridgehead atoms. The molecule has 1 aromatic carbocycles. The predicted octanol–water partition coefficient (Wildman–Crippen LogP) is 1.40. The van der Waals surface area contributed by atoms with Gasteiger partial charge in [0.15, 0.2) is 0 Å². The number of hydrogen-bond acceptors (Lipinski definition) is 4. The maximum atomic E-state index is 9.80. The van der Waals surface area contributed by atoms with Gasteiger partial charge >= 0.3 is 0 Å². The molecule has 3 rings (SSSR count). The van der Waals surface area contributed by atoms with E-state index in [1.165, 1.54) is 19.4 Å². The molecule has 0 aliphatic carbocycles. The molecule has 0 saturated carbocycles. The summed E-state index contributed by atoms with van der Waals surface area (Å²) in [6.07, 6.45) is 2.63. The first kappa shape index (κ1) is 14.5. The maximum Gasteiger partial charge on any atom is 0.144 e. The Morgan fingerprint density at radius 1 is 1.29 bits per heavy atom. The molecule has 2 aliphatic heterocycles. The molecule has 0 spiro atoms. The number of hydrogen-bond donors (Lipinski definition) is 1. The number of nitrogens with one attached hydrogen (secondary N) is 1. The monoisotopic (exact) mass is 284 g/mol. The van der Waals surface area contributed by atoms with Gasteiger partial charge in [0.1, 0.15) is 5.54 Å². The average molecular weight is 284 g/mol. The van der Waals surface area contributed by atoms with Crippen LogP contribution in [0, 0.1) is 11.3 Å². The summed E-state index contributed by atoms with van der Waals surface area (Å²) in [6, 6.07) is 13.3. The van der Waals surface area contributed by atoms with Crippen molar-refractivity contribution in [3.8, 4) is 6.07 Å². The van der Waals surface area contributed by atoms with Crippen molar-refractivity contribution in [2.75, 3.05) is 39.8 Å². The second kappa shape index (κ2) is 6.15. The first-order valence-electron chi connectivity index (χ1n) is 7.89. The standard InChI is InChI=1S/C17H24N4/c1-19-17(13-18,15-6-3-2-4-7-15)14-20-10-11-21-9-5-8-16(21)12-20/h2-4,6-7,16,19H,5,8-12,14H2,1H3. The molecule has 2 atom stereocenters. The topological polar surface area (TPSA) is 42.3 Å². The molecule has 112 valence electrons. The fourth-order valence-corrected chi connectivity index (χ4v) is 3.73. The van der Waals surface area contributed by atoms with Crippen molar-refractivity contribution >= 4 is 0 Å². The summed E-state index contributed by atoms with van der Waals surface area (Å²) in [5.74, 6) is 0. The van der Waals surface area contributed by atoms with E-state index in [4.69, 9.17) is 0 Å². The Bertz CT molecular complexity index is 509. The van der Waals surface area contributed by atoms with Crippen LogP contribution < -0.4 is 5.32 Å². The molecule has 2 heterocycles. The molecule has 1 N–H and O–H groups in total. The van der Waals surface area contributed by atoms with Gasteiger partial charge in [-0.3, -0.25) is 15.1 Å². The summed E-state index contributed by atoms with van der Waals surface area (Å²) in [4.78, 5) is 5.06. The van der Waals surface area contributed by atoms with Gasteiger partial charge < -0.3 is 0 Å². The second-order valence-electron chi connectivity index (χ2n) is 6.20. The zero-order valence-electron chi connectivity index (χ0n) is 12.8. The minimum atomic E-state index is -0.609. The third kappa shape index (κ3) is 2.82. The summed E-state index contributed by atoms with van der Waals surface area (Å²) in [5, 5.41) is 13.1. The fourth-order valence-electron chi connectivity index (χ4n) is 3.73. The predicted molar refractivity (Wildman–Crippen MR) is 83.8 cm³/mol. The van der Waals surface area contributed by atoms with Gasteiger partial charge in [0.25, 0.3) is 0 Å². The normalized spacial score (nSPS) is 26.0. The molecule has 2 unspecified atom stereocenters. The molecular formula is C17H24N4. The quantitative estimate of drug-likeness (QED) is 0.907. The molecule has 2 saturated heterocycles. The third-order valence-electron chi connectivity index (χ3n) is 5.02. The van der Waals surface area contributed by atoms with Crippen LogP contribution in [-0.2, 0) is 5.54 Å². The Kier molecular flexibility index (Phi) is 4.25. The lowest BCUT2D eigenvalue weighted by Crippen LogP contribution is -2.56. The Hall–Kier alpha value is -1.41. The van der Waals surface area contributed by atoms with Crippen LogP contribution in [0.1, 0.15) is 18.4 Å². The highest BCUT2D eigenvalue weighted by Crippen LogP contribution is 2.26. The van der Waals surface area contributed by atoms with Crippen molar-refractivity contribution in [2.45, 2.75) is 24.4 Å². The lowest BCUT2D eigenvalue weighted by atomic mass is 9.90. The van der Waals surface area contributed by atoms with E-state index in [1.807, 2.05) is 37.4 Å². The SMILES string of the molecule is CNC(C#N)(CN1CCN2CCCC2C1)c1ccccc1. The number of rotatable bonds is 4. The lowest BCUT2D eigenvalue weighted by molar-refractivity contribution is 0.0883. The van der Waals surface area contributed by atoms with E-state index < -0.39 is 5.54 Å². The van der Waals surface area contributed by atoms with Gasteiger partial charge in [-0.25, -0.2) is 0 Å². The lowest BCUT2D eigenvalue weighted by Gasteiger charge is -2.41. The zero-order chi connectivity index (χ0) is 14.7. The number of likely N-dealkylation sites (N-methyl/N-ethyl adjacent to an activating group) is 1. The molecule has 4 nitrogen and oxygen atoms in total. The molecule has 0 amide bonds. The number of nitriles is 1. The molecular weight excluding hydrogens is 260 g/mol. The van der Waals surface area contributed by atoms with E-state index in [1.54, 1.807) is 0 Å². The number of piperazine rings is 1. The summed E-state index contributed by atoms with van der Waals surface area (Å²) >= 11 is 0. The fraction of sp³-hybridized carbons (Fsp3) is 0.588. The third-order valence-corrected chi connectivity index (χ3v) is 5.02. The Morgan fingerprint density at radius 3 is 2.81 bits per heavy atom. The summed E-state index contributed by atoms with van der Waals surface area (Å²) in [6.45, 7) is 5.32. The Labute approximate surface area is 127 Å². The van der Waals surface area contributed by atoms with Crippen LogP contribution in [0.3, 0.4) is 0 Å².